The molecule has 0 aliphatic rings. The van der Waals surface area contributed by atoms with Crippen LogP contribution in [-0.4, -0.2) is 17.7 Å². The molecule has 0 bridgehead atoms. The lowest BCUT2D eigenvalue weighted by Crippen LogP contribution is -2.40. The van der Waals surface area contributed by atoms with Gasteiger partial charge in [-0.1, -0.05) is 29.3 Å². The molecular weight excluding hydrogens is 331 g/mol. The predicted octanol–water partition coefficient (Wildman–Crippen LogP) is 4.08. The minimum Gasteiger partial charge on any atom is -0.383 e. The molecule has 0 fully saturated rings. The van der Waals surface area contributed by atoms with Gasteiger partial charge in [-0.05, 0) is 36.6 Å². The van der Waals surface area contributed by atoms with Crippen molar-refractivity contribution in [3.05, 3.63) is 50.6 Å². The molecule has 0 saturated carbocycles. The maximum Gasteiger partial charge on any atom is 0.319 e. The second kappa shape index (κ2) is 6.66. The van der Waals surface area contributed by atoms with E-state index in [1.54, 1.807) is 25.1 Å². The van der Waals surface area contributed by atoms with Gasteiger partial charge in [0.15, 0.2) is 0 Å². The lowest BCUT2D eigenvalue weighted by atomic mass is 10.1. The number of nitrogens with one attached hydrogen (secondary N) is 2. The van der Waals surface area contributed by atoms with Gasteiger partial charge in [0.05, 0.1) is 16.6 Å². The Labute approximate surface area is 136 Å². The van der Waals surface area contributed by atoms with Crippen LogP contribution >= 0.6 is 34.5 Å². The van der Waals surface area contributed by atoms with E-state index >= 15 is 0 Å². The molecule has 1 aromatic heterocycles. The van der Waals surface area contributed by atoms with Crippen LogP contribution in [0.1, 0.15) is 11.8 Å². The van der Waals surface area contributed by atoms with Gasteiger partial charge >= 0.3 is 6.03 Å². The zero-order valence-electron chi connectivity index (χ0n) is 11.2. The largest absolute Gasteiger partial charge is 0.383 e. The number of urea groups is 1. The minimum atomic E-state index is -1.11. The van der Waals surface area contributed by atoms with Gasteiger partial charge in [-0.2, -0.15) is 0 Å². The summed E-state index contributed by atoms with van der Waals surface area (Å²) < 4.78 is 0. The molecule has 0 radical (unpaired) electrons. The van der Waals surface area contributed by atoms with Gasteiger partial charge in [0.2, 0.25) is 0 Å². The summed E-state index contributed by atoms with van der Waals surface area (Å²) in [5.74, 6) is 0. The topological polar surface area (TPSA) is 61.4 Å². The molecule has 21 heavy (non-hydrogen) atoms. The molecule has 112 valence electrons. The maximum absolute atomic E-state index is 11.8. The SMILES string of the molecule is CC(O)(CNC(=O)Nc1ccc(Cl)c(Cl)c1)c1cccs1. The zero-order valence-corrected chi connectivity index (χ0v) is 13.5. The first-order valence-corrected chi connectivity index (χ1v) is 7.78. The first-order chi connectivity index (χ1) is 9.88. The third-order valence-corrected chi connectivity index (χ3v) is 4.68. The number of hydrogen-bond acceptors (Lipinski definition) is 3. The van der Waals surface area contributed by atoms with Crippen molar-refractivity contribution in [3.8, 4) is 0 Å². The van der Waals surface area contributed by atoms with E-state index in [1.807, 2.05) is 17.5 Å². The van der Waals surface area contributed by atoms with Crippen LogP contribution in [0.3, 0.4) is 0 Å². The van der Waals surface area contributed by atoms with E-state index in [2.05, 4.69) is 10.6 Å². The number of anilines is 1. The summed E-state index contributed by atoms with van der Waals surface area (Å²) in [7, 11) is 0. The number of amides is 2. The second-order valence-electron chi connectivity index (χ2n) is 4.69. The van der Waals surface area contributed by atoms with Crippen LogP contribution in [0.4, 0.5) is 10.5 Å². The van der Waals surface area contributed by atoms with Crippen molar-refractivity contribution in [1.82, 2.24) is 5.32 Å². The average molecular weight is 345 g/mol. The molecule has 1 unspecified atom stereocenters. The monoisotopic (exact) mass is 344 g/mol. The number of carbonyl (C=O) groups is 1. The molecule has 7 heteroatoms. The Kier molecular flexibility index (Phi) is 5.11. The van der Waals surface area contributed by atoms with Crippen molar-refractivity contribution in [3.63, 3.8) is 0 Å². The fourth-order valence-electron chi connectivity index (χ4n) is 1.67. The summed E-state index contributed by atoms with van der Waals surface area (Å²) in [5.41, 5.74) is -0.582. The van der Waals surface area contributed by atoms with Crippen molar-refractivity contribution in [2.75, 3.05) is 11.9 Å². The Morgan fingerprint density at radius 3 is 2.71 bits per heavy atom. The van der Waals surface area contributed by atoms with Crippen LogP contribution in [-0.2, 0) is 5.60 Å². The maximum atomic E-state index is 11.8. The third kappa shape index (κ3) is 4.35. The molecule has 1 atom stereocenters. The van der Waals surface area contributed by atoms with Gasteiger partial charge in [0.1, 0.15) is 5.60 Å². The number of thiophene rings is 1. The zero-order chi connectivity index (χ0) is 15.5. The Morgan fingerprint density at radius 1 is 1.33 bits per heavy atom. The van der Waals surface area contributed by atoms with Crippen molar-refractivity contribution in [2.24, 2.45) is 0 Å². The summed E-state index contributed by atoms with van der Waals surface area (Å²) in [6, 6.07) is 8.05. The molecule has 0 spiro atoms. The molecule has 4 nitrogen and oxygen atoms in total. The van der Waals surface area contributed by atoms with Crippen LogP contribution in [0.15, 0.2) is 35.7 Å². The Bertz CT molecular complexity index is 630. The van der Waals surface area contributed by atoms with Crippen LogP contribution in [0.2, 0.25) is 10.0 Å². The predicted molar refractivity (Wildman–Crippen MR) is 87.4 cm³/mol. The molecule has 1 aromatic carbocycles. The summed E-state index contributed by atoms with van der Waals surface area (Å²) in [5, 5.41) is 18.2. The molecule has 3 N–H and O–H groups in total. The van der Waals surface area contributed by atoms with Crippen molar-refractivity contribution < 1.29 is 9.90 Å². The van der Waals surface area contributed by atoms with E-state index in [0.717, 1.165) is 4.88 Å². The molecule has 2 aromatic rings. The standard InChI is InChI=1S/C14H14Cl2N2O2S/c1-14(20,12-3-2-6-21-12)8-17-13(19)18-9-4-5-10(15)11(16)7-9/h2-7,20H,8H2,1H3,(H2,17,18,19). The van der Waals surface area contributed by atoms with E-state index < -0.39 is 11.6 Å². The number of hydrogen-bond donors (Lipinski definition) is 3. The van der Waals surface area contributed by atoms with E-state index in [-0.39, 0.29) is 6.54 Å². The summed E-state index contributed by atoms with van der Waals surface area (Å²) in [6.45, 7) is 1.75. The van der Waals surface area contributed by atoms with Crippen LogP contribution in [0.25, 0.3) is 0 Å². The Balaban J connectivity index is 1.91. The fourth-order valence-corrected chi connectivity index (χ4v) is 2.76. The first-order valence-electron chi connectivity index (χ1n) is 6.15. The quantitative estimate of drug-likeness (QED) is 0.782. The van der Waals surface area contributed by atoms with Crippen molar-refractivity contribution >= 4 is 46.3 Å². The number of aliphatic hydroxyl groups is 1. The first kappa shape index (κ1) is 16.1. The number of rotatable bonds is 4. The molecule has 0 aliphatic heterocycles. The Hall–Kier alpha value is -1.27. The van der Waals surface area contributed by atoms with E-state index in [4.69, 9.17) is 23.2 Å². The fraction of sp³-hybridized carbons (Fsp3) is 0.214. The highest BCUT2D eigenvalue weighted by molar-refractivity contribution is 7.10. The summed E-state index contributed by atoms with van der Waals surface area (Å²) in [6.07, 6.45) is 0. The highest BCUT2D eigenvalue weighted by atomic mass is 35.5. The number of benzene rings is 1. The molecule has 2 amide bonds. The van der Waals surface area contributed by atoms with Crippen LogP contribution < -0.4 is 10.6 Å². The van der Waals surface area contributed by atoms with Gasteiger partial charge in [-0.25, -0.2) is 4.79 Å². The molecular formula is C14H14Cl2N2O2S. The summed E-state index contributed by atoms with van der Waals surface area (Å²) >= 11 is 13.1. The highest BCUT2D eigenvalue weighted by Gasteiger charge is 2.24. The van der Waals surface area contributed by atoms with Crippen LogP contribution in [0, 0.1) is 0 Å². The lowest BCUT2D eigenvalue weighted by Gasteiger charge is -2.22. The van der Waals surface area contributed by atoms with Gasteiger partial charge in [0, 0.05) is 10.6 Å². The van der Waals surface area contributed by atoms with E-state index in [0.29, 0.717) is 15.7 Å². The number of halogens is 2. The Morgan fingerprint density at radius 2 is 2.10 bits per heavy atom. The molecule has 0 aliphatic carbocycles. The smallest absolute Gasteiger partial charge is 0.319 e. The van der Waals surface area contributed by atoms with Crippen LogP contribution in [0.5, 0.6) is 0 Å². The van der Waals surface area contributed by atoms with Gasteiger partial charge in [0.25, 0.3) is 0 Å². The molecule has 1 heterocycles. The lowest BCUT2D eigenvalue weighted by molar-refractivity contribution is 0.0637. The third-order valence-electron chi connectivity index (χ3n) is 2.82. The van der Waals surface area contributed by atoms with E-state index in [9.17, 15) is 9.90 Å². The minimum absolute atomic E-state index is 0.0979. The average Bonchev–Trinajstić information content (AvgIpc) is 2.96. The van der Waals surface area contributed by atoms with Gasteiger partial charge in [-0.15, -0.1) is 11.3 Å². The second-order valence-corrected chi connectivity index (χ2v) is 6.45. The van der Waals surface area contributed by atoms with Gasteiger partial charge in [-0.3, -0.25) is 0 Å². The normalized spacial score (nSPS) is 13.5. The highest BCUT2D eigenvalue weighted by Crippen LogP contribution is 2.26. The van der Waals surface area contributed by atoms with Crippen molar-refractivity contribution in [2.45, 2.75) is 12.5 Å². The van der Waals surface area contributed by atoms with Crippen molar-refractivity contribution in [1.29, 1.82) is 0 Å². The summed E-state index contributed by atoms with van der Waals surface area (Å²) in [4.78, 5) is 12.6. The van der Waals surface area contributed by atoms with Gasteiger partial charge < -0.3 is 15.7 Å². The van der Waals surface area contributed by atoms with E-state index in [1.165, 1.54) is 11.3 Å². The molecule has 0 saturated heterocycles. The number of carbonyl (C=O) groups excluding carboxylic acids is 1. The molecule has 2 rings (SSSR count).